The van der Waals surface area contributed by atoms with Crippen molar-refractivity contribution in [2.45, 2.75) is 0 Å². The average molecular weight is 419 g/mol. The second-order valence-corrected chi connectivity index (χ2v) is 5.89. The van der Waals surface area contributed by atoms with Gasteiger partial charge in [-0.3, -0.25) is 25.8 Å². The molecule has 3 N–H and O–H groups in total. The summed E-state index contributed by atoms with van der Waals surface area (Å²) in [6.07, 6.45) is 0. The summed E-state index contributed by atoms with van der Waals surface area (Å²) in [7, 11) is 3.09. The molecule has 0 fully saturated rings. The topological polar surface area (TPSA) is 107 Å². The maximum Gasteiger partial charge on any atom is 0.276 e. The number of carbonyl (C=O) groups excluding carboxylic acids is 2. The number of benzene rings is 2. The van der Waals surface area contributed by atoms with Crippen molar-refractivity contribution in [3.05, 3.63) is 48.5 Å². The van der Waals surface area contributed by atoms with Crippen LogP contribution in [-0.4, -0.2) is 44.4 Å². The van der Waals surface area contributed by atoms with E-state index in [1.165, 1.54) is 7.11 Å². The maximum atomic E-state index is 11.8. The fraction of sp³-hybridized carbons (Fsp3) is 0.211. The fourth-order valence-corrected chi connectivity index (χ4v) is 2.18. The van der Waals surface area contributed by atoms with E-state index in [4.69, 9.17) is 31.2 Å². The van der Waals surface area contributed by atoms with E-state index in [1.54, 1.807) is 55.6 Å². The van der Waals surface area contributed by atoms with Gasteiger partial charge >= 0.3 is 0 Å². The smallest absolute Gasteiger partial charge is 0.276 e. The molecule has 0 saturated heterocycles. The minimum atomic E-state index is -0.487. The zero-order chi connectivity index (χ0) is 21.1. The highest BCUT2D eigenvalue weighted by molar-refractivity contribution is 7.80. The van der Waals surface area contributed by atoms with Crippen LogP contribution in [0.1, 0.15) is 0 Å². The number of ether oxygens (including phenoxy) is 4. The van der Waals surface area contributed by atoms with Crippen LogP contribution in [0.2, 0.25) is 0 Å². The Hall–Kier alpha value is -3.53. The molecule has 0 unspecified atom stereocenters. The van der Waals surface area contributed by atoms with E-state index in [0.29, 0.717) is 23.0 Å². The monoisotopic (exact) mass is 419 g/mol. The van der Waals surface area contributed by atoms with Crippen molar-refractivity contribution in [1.82, 2.24) is 16.2 Å². The first-order valence-electron chi connectivity index (χ1n) is 8.42. The molecule has 0 aromatic heterocycles. The van der Waals surface area contributed by atoms with Gasteiger partial charge in [-0.1, -0.05) is 6.07 Å². The molecule has 0 aliphatic carbocycles. The number of rotatable bonds is 8. The lowest BCUT2D eigenvalue weighted by molar-refractivity contribution is -0.124. The highest BCUT2D eigenvalue weighted by Crippen LogP contribution is 2.18. The second-order valence-electron chi connectivity index (χ2n) is 5.48. The lowest BCUT2D eigenvalue weighted by atomic mass is 10.3. The molecule has 2 amide bonds. The van der Waals surface area contributed by atoms with Crippen LogP contribution in [0, 0.1) is 0 Å². The van der Waals surface area contributed by atoms with Gasteiger partial charge in [-0.25, -0.2) is 0 Å². The van der Waals surface area contributed by atoms with Crippen LogP contribution in [0.3, 0.4) is 0 Å². The summed E-state index contributed by atoms with van der Waals surface area (Å²) in [6, 6.07) is 13.6. The van der Waals surface area contributed by atoms with Crippen molar-refractivity contribution >= 4 is 29.1 Å². The Bertz CT molecular complexity index is 844. The number of hydrogen-bond acceptors (Lipinski definition) is 7. The molecule has 2 aromatic carbocycles. The van der Waals surface area contributed by atoms with Gasteiger partial charge in [-0.05, 0) is 48.6 Å². The van der Waals surface area contributed by atoms with Crippen LogP contribution in [0.4, 0.5) is 0 Å². The van der Waals surface area contributed by atoms with Gasteiger partial charge in [0.25, 0.3) is 11.8 Å². The Balaban J connectivity index is 1.64. The van der Waals surface area contributed by atoms with E-state index in [2.05, 4.69) is 16.2 Å². The average Bonchev–Trinajstić information content (AvgIpc) is 2.75. The normalized spacial score (nSPS) is 9.72. The summed E-state index contributed by atoms with van der Waals surface area (Å²) in [6.45, 7) is -0.502. The van der Waals surface area contributed by atoms with Crippen LogP contribution in [-0.2, 0) is 9.59 Å². The molecule has 154 valence electrons. The Morgan fingerprint density at radius 1 is 0.793 bits per heavy atom. The Kier molecular flexibility index (Phi) is 8.51. The largest absolute Gasteiger partial charge is 0.497 e. The molecule has 0 atom stereocenters. The first-order valence-corrected chi connectivity index (χ1v) is 8.83. The van der Waals surface area contributed by atoms with Crippen molar-refractivity contribution in [1.29, 1.82) is 0 Å². The van der Waals surface area contributed by atoms with Crippen molar-refractivity contribution in [3.63, 3.8) is 0 Å². The first kappa shape index (κ1) is 21.8. The summed E-state index contributed by atoms with van der Waals surface area (Å²) in [5.41, 5.74) is 4.73. The van der Waals surface area contributed by atoms with Gasteiger partial charge in [0.2, 0.25) is 0 Å². The zero-order valence-corrected chi connectivity index (χ0v) is 16.7. The highest BCUT2D eigenvalue weighted by Gasteiger charge is 2.08. The van der Waals surface area contributed by atoms with Gasteiger partial charge in [0.1, 0.15) is 23.0 Å². The Labute approximate surface area is 173 Å². The molecule has 0 aliphatic heterocycles. The molecule has 0 bridgehead atoms. The van der Waals surface area contributed by atoms with Crippen LogP contribution in [0.25, 0.3) is 0 Å². The van der Waals surface area contributed by atoms with E-state index in [-0.39, 0.29) is 18.3 Å². The number of amides is 2. The summed E-state index contributed by atoms with van der Waals surface area (Å²) >= 11 is 4.94. The van der Waals surface area contributed by atoms with E-state index < -0.39 is 11.8 Å². The Morgan fingerprint density at radius 2 is 1.38 bits per heavy atom. The molecule has 29 heavy (non-hydrogen) atoms. The number of carbonyl (C=O) groups is 2. The summed E-state index contributed by atoms with van der Waals surface area (Å²) in [5.74, 6) is 1.30. The quantitative estimate of drug-likeness (QED) is 0.433. The lowest BCUT2D eigenvalue weighted by Gasteiger charge is -2.12. The third-order valence-electron chi connectivity index (χ3n) is 3.41. The second kappa shape index (κ2) is 11.3. The molecule has 2 aromatic rings. The molecule has 0 spiro atoms. The summed E-state index contributed by atoms with van der Waals surface area (Å²) < 4.78 is 20.8. The number of hydrazine groups is 1. The minimum Gasteiger partial charge on any atom is -0.497 e. The number of hydrogen-bond donors (Lipinski definition) is 3. The van der Waals surface area contributed by atoms with E-state index in [9.17, 15) is 9.59 Å². The molecule has 0 aliphatic rings. The van der Waals surface area contributed by atoms with Crippen LogP contribution < -0.4 is 35.1 Å². The molecular weight excluding hydrogens is 398 g/mol. The van der Waals surface area contributed by atoms with Gasteiger partial charge in [0.05, 0.1) is 14.2 Å². The minimum absolute atomic E-state index is 0.0805. The predicted molar refractivity (Wildman–Crippen MR) is 109 cm³/mol. The molecule has 0 saturated carbocycles. The summed E-state index contributed by atoms with van der Waals surface area (Å²) in [4.78, 5) is 23.6. The maximum absolute atomic E-state index is 11.8. The molecule has 0 heterocycles. The highest BCUT2D eigenvalue weighted by atomic mass is 32.1. The van der Waals surface area contributed by atoms with E-state index >= 15 is 0 Å². The van der Waals surface area contributed by atoms with Gasteiger partial charge in [-0.15, -0.1) is 0 Å². The molecular formula is C19H21N3O6S. The van der Waals surface area contributed by atoms with Gasteiger partial charge in [0.15, 0.2) is 18.3 Å². The molecule has 9 nitrogen and oxygen atoms in total. The van der Waals surface area contributed by atoms with Crippen LogP contribution in [0.15, 0.2) is 48.5 Å². The zero-order valence-electron chi connectivity index (χ0n) is 15.9. The number of nitrogens with one attached hydrogen (secondary N) is 3. The fourth-order valence-electron chi connectivity index (χ4n) is 2.02. The molecule has 2 rings (SSSR count). The first-order chi connectivity index (χ1) is 14.0. The predicted octanol–water partition coefficient (Wildman–Crippen LogP) is 1.18. The van der Waals surface area contributed by atoms with Crippen molar-refractivity contribution in [2.75, 3.05) is 27.4 Å². The molecule has 10 heteroatoms. The van der Waals surface area contributed by atoms with E-state index in [0.717, 1.165) is 0 Å². The molecule has 0 radical (unpaired) electrons. The van der Waals surface area contributed by atoms with Gasteiger partial charge in [0, 0.05) is 6.07 Å². The van der Waals surface area contributed by atoms with Crippen LogP contribution >= 0.6 is 12.2 Å². The number of methoxy groups -OCH3 is 2. The standard InChI is InChI=1S/C19H21N3O6S/c1-25-13-6-8-14(9-7-13)27-11-17(23)20-19(29)22-21-18(24)12-28-16-5-3-4-15(10-16)26-2/h3-10H,11-12H2,1-2H3,(H,21,24)(H2,20,22,23,29). The third-order valence-corrected chi connectivity index (χ3v) is 3.61. The van der Waals surface area contributed by atoms with Crippen molar-refractivity contribution in [3.8, 4) is 23.0 Å². The summed E-state index contributed by atoms with van der Waals surface area (Å²) in [5, 5.41) is 2.30. The van der Waals surface area contributed by atoms with E-state index in [1.807, 2.05) is 0 Å². The van der Waals surface area contributed by atoms with Crippen molar-refractivity contribution < 1.29 is 28.5 Å². The third kappa shape index (κ3) is 7.93. The van der Waals surface area contributed by atoms with Gasteiger partial charge < -0.3 is 18.9 Å². The lowest BCUT2D eigenvalue weighted by Crippen LogP contribution is -2.50. The number of thiocarbonyl (C=S) groups is 1. The SMILES string of the molecule is COc1ccc(OCC(=O)NC(=S)NNC(=O)COc2cccc(OC)c2)cc1. The van der Waals surface area contributed by atoms with Crippen molar-refractivity contribution in [2.24, 2.45) is 0 Å². The van der Waals surface area contributed by atoms with Gasteiger partial charge in [-0.2, -0.15) is 0 Å². The Morgan fingerprint density at radius 3 is 2.07 bits per heavy atom. The van der Waals surface area contributed by atoms with Crippen LogP contribution in [0.5, 0.6) is 23.0 Å².